The largest absolute Gasteiger partial charge is 0.355 e. The maximum Gasteiger partial charge on any atom is 0.251 e. The molecular formula is C22H32N4O3. The van der Waals surface area contributed by atoms with Gasteiger partial charge in [0.1, 0.15) is 0 Å². The van der Waals surface area contributed by atoms with Crippen molar-refractivity contribution in [3.05, 3.63) is 29.8 Å². The van der Waals surface area contributed by atoms with Gasteiger partial charge >= 0.3 is 0 Å². The number of nitrogens with one attached hydrogen (secondary N) is 2. The van der Waals surface area contributed by atoms with Crippen molar-refractivity contribution in [3.8, 4) is 0 Å². The summed E-state index contributed by atoms with van der Waals surface area (Å²) in [5.41, 5.74) is 1.29. The molecule has 0 saturated carbocycles. The summed E-state index contributed by atoms with van der Waals surface area (Å²) in [6, 6.07) is 7.57. The molecule has 2 heterocycles. The molecule has 7 nitrogen and oxygen atoms in total. The van der Waals surface area contributed by atoms with Crippen LogP contribution in [-0.4, -0.2) is 61.4 Å². The number of anilines is 1. The fourth-order valence-corrected chi connectivity index (χ4v) is 4.04. The molecule has 1 aromatic carbocycles. The normalized spacial score (nSPS) is 20.0. The molecule has 0 aliphatic carbocycles. The Morgan fingerprint density at radius 1 is 1.07 bits per heavy atom. The van der Waals surface area contributed by atoms with E-state index >= 15 is 0 Å². The minimum atomic E-state index is -0.290. The van der Waals surface area contributed by atoms with E-state index in [0.29, 0.717) is 24.6 Å². The van der Waals surface area contributed by atoms with Crippen LogP contribution in [0.3, 0.4) is 0 Å². The lowest BCUT2D eigenvalue weighted by Gasteiger charge is -2.33. The first-order valence-corrected chi connectivity index (χ1v) is 10.7. The van der Waals surface area contributed by atoms with Gasteiger partial charge in [0.2, 0.25) is 11.8 Å². The number of nitrogens with zero attached hydrogens (tertiary/aromatic N) is 2. The average Bonchev–Trinajstić information content (AvgIpc) is 3.16. The molecular weight excluding hydrogens is 368 g/mol. The van der Waals surface area contributed by atoms with Crippen LogP contribution in [0.4, 0.5) is 5.69 Å². The zero-order valence-electron chi connectivity index (χ0n) is 17.3. The number of benzene rings is 1. The molecule has 2 saturated heterocycles. The van der Waals surface area contributed by atoms with Crippen molar-refractivity contribution < 1.29 is 14.4 Å². The second-order valence-corrected chi connectivity index (χ2v) is 7.96. The third-order valence-electron chi connectivity index (χ3n) is 5.81. The zero-order chi connectivity index (χ0) is 20.6. The molecule has 7 heteroatoms. The Morgan fingerprint density at radius 3 is 2.55 bits per heavy atom. The molecule has 3 amide bonds. The van der Waals surface area contributed by atoms with Gasteiger partial charge in [-0.2, -0.15) is 0 Å². The highest BCUT2D eigenvalue weighted by atomic mass is 16.2. The van der Waals surface area contributed by atoms with Gasteiger partial charge in [0.05, 0.1) is 6.54 Å². The van der Waals surface area contributed by atoms with Crippen LogP contribution in [0.2, 0.25) is 0 Å². The van der Waals surface area contributed by atoms with E-state index in [0.717, 1.165) is 38.2 Å². The summed E-state index contributed by atoms with van der Waals surface area (Å²) < 4.78 is 0. The standard InChI is InChI=1S/C22H32N4O3/c1-17-6-2-3-13-25(17)14-5-12-23-20(27)16-24-22(29)18-8-10-19(11-9-18)26-15-4-7-21(26)28/h8-11,17H,2-7,12-16H2,1H3,(H,23,27)(H,24,29)/t17-/m0/s1. The fraction of sp³-hybridized carbons (Fsp3) is 0.591. The van der Waals surface area contributed by atoms with Crippen molar-refractivity contribution in [1.29, 1.82) is 0 Å². The van der Waals surface area contributed by atoms with E-state index in [1.165, 1.54) is 19.3 Å². The maximum atomic E-state index is 12.2. The van der Waals surface area contributed by atoms with Gasteiger partial charge in [0, 0.05) is 43.3 Å². The van der Waals surface area contributed by atoms with Crippen molar-refractivity contribution in [2.45, 2.75) is 51.5 Å². The van der Waals surface area contributed by atoms with E-state index < -0.39 is 0 Å². The number of rotatable bonds is 8. The van der Waals surface area contributed by atoms with Crippen LogP contribution in [0.1, 0.15) is 55.8 Å². The first-order valence-electron chi connectivity index (χ1n) is 10.7. The molecule has 0 radical (unpaired) electrons. The Hall–Kier alpha value is -2.41. The van der Waals surface area contributed by atoms with Crippen LogP contribution >= 0.6 is 0 Å². The SMILES string of the molecule is C[C@H]1CCCCN1CCCNC(=O)CNC(=O)c1ccc(N2CCCC2=O)cc1. The predicted molar refractivity (Wildman–Crippen MR) is 113 cm³/mol. The van der Waals surface area contributed by atoms with E-state index in [4.69, 9.17) is 0 Å². The molecule has 1 aromatic rings. The Bertz CT molecular complexity index is 719. The Labute approximate surface area is 172 Å². The summed E-state index contributed by atoms with van der Waals surface area (Å²) in [4.78, 5) is 40.2. The lowest BCUT2D eigenvalue weighted by Crippen LogP contribution is -2.40. The van der Waals surface area contributed by atoms with Crippen LogP contribution in [-0.2, 0) is 9.59 Å². The van der Waals surface area contributed by atoms with Gasteiger partial charge in [-0.25, -0.2) is 0 Å². The van der Waals surface area contributed by atoms with E-state index in [1.54, 1.807) is 29.2 Å². The molecule has 2 aliphatic heterocycles. The highest BCUT2D eigenvalue weighted by Gasteiger charge is 2.21. The van der Waals surface area contributed by atoms with Crippen LogP contribution < -0.4 is 15.5 Å². The van der Waals surface area contributed by atoms with E-state index in [-0.39, 0.29) is 24.3 Å². The van der Waals surface area contributed by atoms with E-state index in [1.807, 2.05) is 0 Å². The van der Waals surface area contributed by atoms with Crippen molar-refractivity contribution >= 4 is 23.4 Å². The summed E-state index contributed by atoms with van der Waals surface area (Å²) in [5, 5.41) is 5.52. The van der Waals surface area contributed by atoms with Crippen molar-refractivity contribution in [2.24, 2.45) is 0 Å². The second-order valence-electron chi connectivity index (χ2n) is 7.96. The van der Waals surface area contributed by atoms with Gasteiger partial charge in [-0.1, -0.05) is 6.42 Å². The molecule has 0 spiro atoms. The molecule has 2 aliphatic rings. The molecule has 0 unspecified atom stereocenters. The van der Waals surface area contributed by atoms with Gasteiger partial charge in [-0.05, 0) is 63.4 Å². The fourth-order valence-electron chi connectivity index (χ4n) is 4.04. The third-order valence-corrected chi connectivity index (χ3v) is 5.81. The van der Waals surface area contributed by atoms with Crippen LogP contribution in [0, 0.1) is 0 Å². The second kappa shape index (κ2) is 10.4. The highest BCUT2D eigenvalue weighted by Crippen LogP contribution is 2.21. The van der Waals surface area contributed by atoms with Gasteiger partial charge in [0.15, 0.2) is 0 Å². The van der Waals surface area contributed by atoms with Crippen LogP contribution in [0.5, 0.6) is 0 Å². The molecule has 1 atom stereocenters. The molecule has 3 rings (SSSR count). The summed E-state index contributed by atoms with van der Waals surface area (Å²) >= 11 is 0. The minimum absolute atomic E-state index is 0.0364. The summed E-state index contributed by atoms with van der Waals surface area (Å²) in [6.45, 7) is 5.72. The molecule has 2 fully saturated rings. The van der Waals surface area contributed by atoms with Gasteiger partial charge in [0.25, 0.3) is 5.91 Å². The minimum Gasteiger partial charge on any atom is -0.355 e. The Balaban J connectivity index is 1.34. The lowest BCUT2D eigenvalue weighted by atomic mass is 10.0. The van der Waals surface area contributed by atoms with E-state index in [2.05, 4.69) is 22.5 Å². The van der Waals surface area contributed by atoms with Crippen molar-refractivity contribution in [1.82, 2.24) is 15.5 Å². The first-order chi connectivity index (χ1) is 14.0. The first kappa shape index (κ1) is 21.3. The van der Waals surface area contributed by atoms with Crippen molar-refractivity contribution in [2.75, 3.05) is 37.6 Å². The van der Waals surface area contributed by atoms with Crippen LogP contribution in [0.15, 0.2) is 24.3 Å². The number of likely N-dealkylation sites (tertiary alicyclic amines) is 1. The summed E-state index contributed by atoms with van der Waals surface area (Å²) in [5.74, 6) is -0.348. The number of piperidine rings is 1. The Morgan fingerprint density at radius 2 is 1.86 bits per heavy atom. The Kier molecular flexibility index (Phi) is 7.63. The highest BCUT2D eigenvalue weighted by molar-refractivity contribution is 5.98. The average molecular weight is 401 g/mol. The lowest BCUT2D eigenvalue weighted by molar-refractivity contribution is -0.120. The molecule has 158 valence electrons. The molecule has 29 heavy (non-hydrogen) atoms. The third kappa shape index (κ3) is 6.03. The summed E-state index contributed by atoms with van der Waals surface area (Å²) in [6.07, 6.45) is 6.20. The van der Waals surface area contributed by atoms with Gasteiger partial charge in [-0.3, -0.25) is 14.4 Å². The molecule has 2 N–H and O–H groups in total. The molecule has 0 bridgehead atoms. The summed E-state index contributed by atoms with van der Waals surface area (Å²) in [7, 11) is 0. The van der Waals surface area contributed by atoms with E-state index in [9.17, 15) is 14.4 Å². The maximum absolute atomic E-state index is 12.2. The number of carbonyl (C=O) groups excluding carboxylic acids is 3. The topological polar surface area (TPSA) is 81.8 Å². The number of hydrogen-bond donors (Lipinski definition) is 2. The number of carbonyl (C=O) groups is 3. The van der Waals surface area contributed by atoms with Gasteiger partial charge in [-0.15, -0.1) is 0 Å². The van der Waals surface area contributed by atoms with Crippen LogP contribution in [0.25, 0.3) is 0 Å². The van der Waals surface area contributed by atoms with Crippen molar-refractivity contribution in [3.63, 3.8) is 0 Å². The van der Waals surface area contributed by atoms with Gasteiger partial charge < -0.3 is 20.4 Å². The predicted octanol–water partition coefficient (Wildman–Crippen LogP) is 1.92. The monoisotopic (exact) mass is 400 g/mol. The quantitative estimate of drug-likeness (QED) is 0.654. The number of amides is 3. The number of hydrogen-bond acceptors (Lipinski definition) is 4. The smallest absolute Gasteiger partial charge is 0.251 e. The molecule has 0 aromatic heterocycles. The zero-order valence-corrected chi connectivity index (χ0v) is 17.3.